The van der Waals surface area contributed by atoms with Gasteiger partial charge >= 0.3 is 0 Å². The van der Waals surface area contributed by atoms with Crippen LogP contribution < -0.4 is 9.86 Å². The highest BCUT2D eigenvalue weighted by Gasteiger charge is 2.34. The molecule has 0 saturated carbocycles. The predicted molar refractivity (Wildman–Crippen MR) is 146 cm³/mol. The highest BCUT2D eigenvalue weighted by molar-refractivity contribution is 14.1. The number of anilines is 1. The van der Waals surface area contributed by atoms with Crippen molar-refractivity contribution in [3.05, 3.63) is 109 Å². The number of pyridine rings is 1. The third-order valence-corrected chi connectivity index (χ3v) is 8.96. The van der Waals surface area contributed by atoms with Crippen molar-refractivity contribution in [1.29, 1.82) is 0 Å². The van der Waals surface area contributed by atoms with Crippen LogP contribution in [0.15, 0.2) is 86.1 Å². The molecular formula is C27H23IN2O3S. The van der Waals surface area contributed by atoms with Gasteiger partial charge in [-0.25, -0.2) is 8.42 Å². The highest BCUT2D eigenvalue weighted by Crippen LogP contribution is 2.46. The summed E-state index contributed by atoms with van der Waals surface area (Å²) in [6, 6.07) is 22.2. The highest BCUT2D eigenvalue weighted by atomic mass is 127. The first kappa shape index (κ1) is 22.9. The third-order valence-electron chi connectivity index (χ3n) is 6.31. The van der Waals surface area contributed by atoms with Gasteiger partial charge in [0.1, 0.15) is 0 Å². The Morgan fingerprint density at radius 3 is 2.09 bits per heavy atom. The molecule has 5 nitrogen and oxygen atoms in total. The van der Waals surface area contributed by atoms with Gasteiger partial charge < -0.3 is 4.57 Å². The molecule has 0 atom stereocenters. The smallest absolute Gasteiger partial charge is 0.264 e. The van der Waals surface area contributed by atoms with Crippen LogP contribution in [0.1, 0.15) is 22.3 Å². The lowest BCUT2D eigenvalue weighted by Gasteiger charge is -2.33. The fourth-order valence-electron chi connectivity index (χ4n) is 4.41. The van der Waals surface area contributed by atoms with Gasteiger partial charge in [-0.3, -0.25) is 9.10 Å². The standard InChI is InChI=1S/C27H23IN2O3S/c1-17-4-8-19(9-5-17)26-22(28)16-30(34(32,33)20-10-6-18(2)7-11-20)24-14-13-23-21(27(24)26)12-15-25(31)29(23)3/h4-15H,16H2,1-3H3. The number of aromatic nitrogens is 1. The summed E-state index contributed by atoms with van der Waals surface area (Å²) in [6.07, 6.45) is 0. The minimum Gasteiger partial charge on any atom is -0.311 e. The van der Waals surface area contributed by atoms with Crippen LogP contribution in [0.25, 0.3) is 16.5 Å². The number of rotatable bonds is 3. The molecule has 3 aromatic carbocycles. The summed E-state index contributed by atoms with van der Waals surface area (Å²) in [5.74, 6) is 0. The number of halogens is 1. The minimum absolute atomic E-state index is 0.108. The first-order chi connectivity index (χ1) is 16.2. The third kappa shape index (κ3) is 3.67. The van der Waals surface area contributed by atoms with E-state index in [0.717, 1.165) is 42.3 Å². The number of aryl methyl sites for hydroxylation is 3. The van der Waals surface area contributed by atoms with Gasteiger partial charge in [-0.15, -0.1) is 0 Å². The van der Waals surface area contributed by atoms with Crippen LogP contribution in [-0.2, 0) is 17.1 Å². The first-order valence-corrected chi connectivity index (χ1v) is 13.4. The van der Waals surface area contributed by atoms with Crippen molar-refractivity contribution >= 4 is 54.8 Å². The molecule has 2 heterocycles. The normalized spacial score (nSPS) is 13.9. The molecule has 0 amide bonds. The molecular weight excluding hydrogens is 559 g/mol. The van der Waals surface area contributed by atoms with Crippen LogP contribution >= 0.6 is 22.6 Å². The molecule has 7 heteroatoms. The Kier molecular flexibility index (Phi) is 5.64. The van der Waals surface area contributed by atoms with Crippen molar-refractivity contribution in [2.75, 3.05) is 10.8 Å². The zero-order valence-electron chi connectivity index (χ0n) is 19.0. The molecule has 0 spiro atoms. The van der Waals surface area contributed by atoms with Crippen LogP contribution in [0, 0.1) is 13.8 Å². The maximum Gasteiger partial charge on any atom is 0.264 e. The fraction of sp³-hybridized carbons (Fsp3) is 0.148. The lowest BCUT2D eigenvalue weighted by molar-refractivity contribution is 0.592. The van der Waals surface area contributed by atoms with Gasteiger partial charge in [0.2, 0.25) is 0 Å². The maximum atomic E-state index is 13.8. The topological polar surface area (TPSA) is 59.4 Å². The molecule has 5 rings (SSSR count). The van der Waals surface area contributed by atoms with Gasteiger partial charge in [0.25, 0.3) is 15.6 Å². The molecule has 0 unspecified atom stereocenters. The van der Waals surface area contributed by atoms with Gasteiger partial charge in [-0.1, -0.05) is 47.5 Å². The number of sulfonamides is 1. The zero-order valence-corrected chi connectivity index (χ0v) is 22.0. The van der Waals surface area contributed by atoms with Crippen molar-refractivity contribution < 1.29 is 8.42 Å². The van der Waals surface area contributed by atoms with Gasteiger partial charge in [0.15, 0.2) is 0 Å². The second-order valence-corrected chi connectivity index (χ2v) is 11.8. The van der Waals surface area contributed by atoms with Crippen LogP contribution in [0.3, 0.4) is 0 Å². The van der Waals surface area contributed by atoms with Crippen LogP contribution in [-0.4, -0.2) is 19.5 Å². The number of nitrogens with zero attached hydrogens (tertiary/aromatic N) is 2. The Hall–Kier alpha value is -2.91. The summed E-state index contributed by atoms with van der Waals surface area (Å²) in [7, 11) is -2.06. The van der Waals surface area contributed by atoms with E-state index in [1.165, 1.54) is 10.4 Å². The Morgan fingerprint density at radius 2 is 1.44 bits per heavy atom. The van der Waals surface area contributed by atoms with Crippen LogP contribution in [0.4, 0.5) is 5.69 Å². The van der Waals surface area contributed by atoms with E-state index in [4.69, 9.17) is 0 Å². The molecule has 1 aromatic heterocycles. The van der Waals surface area contributed by atoms with E-state index in [9.17, 15) is 13.2 Å². The van der Waals surface area contributed by atoms with Gasteiger partial charge in [-0.2, -0.15) is 0 Å². The van der Waals surface area contributed by atoms with E-state index in [0.29, 0.717) is 5.69 Å². The van der Waals surface area contributed by atoms with E-state index in [-0.39, 0.29) is 17.0 Å². The van der Waals surface area contributed by atoms with Crippen molar-refractivity contribution in [3.63, 3.8) is 0 Å². The molecule has 0 radical (unpaired) electrons. The lowest BCUT2D eigenvalue weighted by Crippen LogP contribution is -2.35. The Balaban J connectivity index is 1.83. The maximum absolute atomic E-state index is 13.8. The largest absolute Gasteiger partial charge is 0.311 e. The number of fused-ring (bicyclic) bond motifs is 3. The summed E-state index contributed by atoms with van der Waals surface area (Å²) in [6.45, 7) is 4.21. The van der Waals surface area contributed by atoms with E-state index in [1.807, 2.05) is 38.1 Å². The average Bonchev–Trinajstić information content (AvgIpc) is 2.82. The predicted octanol–water partition coefficient (Wildman–Crippen LogP) is 5.56. The molecule has 0 fully saturated rings. The molecule has 0 bridgehead atoms. The molecule has 0 N–H and O–H groups in total. The Morgan fingerprint density at radius 1 is 0.824 bits per heavy atom. The monoisotopic (exact) mass is 582 g/mol. The van der Waals surface area contributed by atoms with E-state index in [1.54, 1.807) is 29.8 Å². The molecule has 4 aromatic rings. The first-order valence-electron chi connectivity index (χ1n) is 10.9. The molecule has 0 aliphatic carbocycles. The second-order valence-electron chi connectivity index (χ2n) is 8.59. The van der Waals surface area contributed by atoms with Gasteiger partial charge in [0, 0.05) is 33.2 Å². The minimum atomic E-state index is -3.80. The molecule has 172 valence electrons. The summed E-state index contributed by atoms with van der Waals surface area (Å²) < 4.78 is 31.6. The Labute approximate surface area is 212 Å². The molecule has 1 aliphatic rings. The summed E-state index contributed by atoms with van der Waals surface area (Å²) in [5, 5.41) is 0.841. The fourth-order valence-corrected chi connectivity index (χ4v) is 7.01. The van der Waals surface area contributed by atoms with Crippen molar-refractivity contribution in [2.24, 2.45) is 7.05 Å². The summed E-state index contributed by atoms with van der Waals surface area (Å²) in [5.41, 5.74) is 6.25. The number of benzene rings is 3. The van der Waals surface area contributed by atoms with E-state index in [2.05, 4.69) is 46.9 Å². The van der Waals surface area contributed by atoms with Crippen LogP contribution in [0.2, 0.25) is 0 Å². The molecule has 0 saturated heterocycles. The lowest BCUT2D eigenvalue weighted by atomic mass is 9.90. The van der Waals surface area contributed by atoms with Crippen molar-refractivity contribution in [3.8, 4) is 0 Å². The average molecular weight is 582 g/mol. The van der Waals surface area contributed by atoms with Crippen LogP contribution in [0.5, 0.6) is 0 Å². The Bertz CT molecular complexity index is 1630. The molecule has 1 aliphatic heterocycles. The van der Waals surface area contributed by atoms with Gasteiger partial charge in [0.05, 0.1) is 22.6 Å². The quantitative estimate of drug-likeness (QED) is 0.298. The van der Waals surface area contributed by atoms with E-state index >= 15 is 0 Å². The van der Waals surface area contributed by atoms with E-state index < -0.39 is 10.0 Å². The second kappa shape index (κ2) is 8.39. The zero-order chi connectivity index (χ0) is 24.2. The van der Waals surface area contributed by atoms with Crippen molar-refractivity contribution in [2.45, 2.75) is 18.7 Å². The van der Waals surface area contributed by atoms with Gasteiger partial charge in [-0.05, 0) is 72.3 Å². The summed E-state index contributed by atoms with van der Waals surface area (Å²) in [4.78, 5) is 12.6. The number of hydrogen-bond donors (Lipinski definition) is 0. The number of hydrogen-bond acceptors (Lipinski definition) is 3. The molecule has 34 heavy (non-hydrogen) atoms. The van der Waals surface area contributed by atoms with Crippen molar-refractivity contribution in [1.82, 2.24) is 4.57 Å². The SMILES string of the molecule is Cc1ccc(C2=C(I)CN(S(=O)(=O)c3ccc(C)cc3)c3ccc4c(ccc(=O)n4C)c32)cc1. The summed E-state index contributed by atoms with van der Waals surface area (Å²) >= 11 is 2.26.